The maximum atomic E-state index is 12.8. The third kappa shape index (κ3) is 5.98. The standard InChI is InChI=1S/C23H35BrN4O3/c1-6-9-28(11-16(2)26-20(30)31-21(3,4)5)15-22-12-23(13-22,14-22)19(29)27-18-10-17(24)7-8-25-18/h7-8,10,16H,6,9,11-15H2,1-5H3,(H,26,30)(H,25,27,29)/t16-,22?,23?/m0/s1. The Kier molecular flexibility index (Phi) is 7.01. The lowest BCUT2D eigenvalue weighted by molar-refractivity contribution is -0.209. The number of alkyl carbamates (subject to hydrolysis) is 1. The predicted octanol–water partition coefficient (Wildman–Crippen LogP) is 4.58. The summed E-state index contributed by atoms with van der Waals surface area (Å²) < 4.78 is 6.26. The summed E-state index contributed by atoms with van der Waals surface area (Å²) in [5.74, 6) is 0.676. The molecule has 0 aromatic carbocycles. The van der Waals surface area contributed by atoms with Crippen LogP contribution >= 0.6 is 15.9 Å². The first-order valence-corrected chi connectivity index (χ1v) is 11.9. The minimum absolute atomic E-state index is 0.00592. The summed E-state index contributed by atoms with van der Waals surface area (Å²) in [6.07, 6.45) is 5.13. The molecule has 1 aromatic heterocycles. The van der Waals surface area contributed by atoms with Crippen LogP contribution in [0.25, 0.3) is 0 Å². The second-order valence-electron chi connectivity index (χ2n) is 10.4. The van der Waals surface area contributed by atoms with Gasteiger partial charge >= 0.3 is 6.09 Å². The number of nitrogens with zero attached hydrogens (tertiary/aromatic N) is 2. The van der Waals surface area contributed by atoms with Crippen molar-refractivity contribution in [2.45, 2.75) is 71.9 Å². The van der Waals surface area contributed by atoms with Crippen LogP contribution in [-0.4, -0.2) is 53.2 Å². The van der Waals surface area contributed by atoms with E-state index < -0.39 is 5.60 Å². The smallest absolute Gasteiger partial charge is 0.407 e. The van der Waals surface area contributed by atoms with E-state index in [0.29, 0.717) is 5.82 Å². The Hall–Kier alpha value is -1.67. The van der Waals surface area contributed by atoms with Crippen molar-refractivity contribution in [2.75, 3.05) is 25.0 Å². The van der Waals surface area contributed by atoms with Crippen molar-refractivity contribution in [1.29, 1.82) is 0 Å². The van der Waals surface area contributed by atoms with Gasteiger partial charge in [0.25, 0.3) is 0 Å². The highest BCUT2D eigenvalue weighted by Gasteiger charge is 2.71. The summed E-state index contributed by atoms with van der Waals surface area (Å²) in [5.41, 5.74) is -0.510. The summed E-state index contributed by atoms with van der Waals surface area (Å²) in [6.45, 7) is 12.5. The Bertz CT molecular complexity index is 804. The van der Waals surface area contributed by atoms with Gasteiger partial charge in [-0.2, -0.15) is 0 Å². The number of carbonyl (C=O) groups excluding carboxylic acids is 2. The molecule has 8 heteroatoms. The van der Waals surface area contributed by atoms with E-state index in [9.17, 15) is 9.59 Å². The fourth-order valence-electron chi connectivity index (χ4n) is 5.10. The Labute approximate surface area is 193 Å². The van der Waals surface area contributed by atoms with E-state index in [4.69, 9.17) is 4.74 Å². The molecule has 1 aromatic rings. The van der Waals surface area contributed by atoms with Crippen LogP contribution in [0.1, 0.15) is 60.3 Å². The zero-order valence-electron chi connectivity index (χ0n) is 19.3. The monoisotopic (exact) mass is 494 g/mol. The summed E-state index contributed by atoms with van der Waals surface area (Å²) in [6, 6.07) is 3.65. The first-order valence-electron chi connectivity index (χ1n) is 11.1. The number of pyridine rings is 1. The van der Waals surface area contributed by atoms with Crippen molar-refractivity contribution < 1.29 is 14.3 Å². The zero-order chi connectivity index (χ0) is 22.9. The van der Waals surface area contributed by atoms with Crippen LogP contribution in [-0.2, 0) is 9.53 Å². The molecule has 3 aliphatic rings. The Balaban J connectivity index is 1.48. The molecule has 0 saturated heterocycles. The molecule has 2 amide bonds. The van der Waals surface area contributed by atoms with E-state index >= 15 is 0 Å². The van der Waals surface area contributed by atoms with Crippen molar-refractivity contribution in [3.05, 3.63) is 22.8 Å². The lowest BCUT2D eigenvalue weighted by Crippen LogP contribution is -2.70. The highest BCUT2D eigenvalue weighted by atomic mass is 79.9. The molecule has 0 spiro atoms. The number of hydrogen-bond acceptors (Lipinski definition) is 5. The van der Waals surface area contributed by atoms with Crippen LogP contribution in [0.15, 0.2) is 22.8 Å². The van der Waals surface area contributed by atoms with Gasteiger partial charge < -0.3 is 20.3 Å². The van der Waals surface area contributed by atoms with Gasteiger partial charge in [0, 0.05) is 29.8 Å². The van der Waals surface area contributed by atoms with E-state index in [1.54, 1.807) is 6.20 Å². The van der Waals surface area contributed by atoms with Gasteiger partial charge in [0.1, 0.15) is 11.4 Å². The maximum absolute atomic E-state index is 12.8. The molecular weight excluding hydrogens is 460 g/mol. The first kappa shape index (κ1) is 24.0. The summed E-state index contributed by atoms with van der Waals surface area (Å²) >= 11 is 3.41. The number of rotatable bonds is 9. The van der Waals surface area contributed by atoms with Crippen molar-refractivity contribution in [3.63, 3.8) is 0 Å². The number of halogens is 1. The van der Waals surface area contributed by atoms with Crippen molar-refractivity contribution >= 4 is 33.7 Å². The average molecular weight is 495 g/mol. The fraction of sp³-hybridized carbons (Fsp3) is 0.696. The lowest BCUT2D eigenvalue weighted by atomic mass is 9.34. The highest BCUT2D eigenvalue weighted by molar-refractivity contribution is 9.10. The minimum atomic E-state index is -0.501. The molecule has 3 saturated carbocycles. The molecule has 0 aliphatic heterocycles. The first-order chi connectivity index (χ1) is 14.4. The molecule has 2 bridgehead atoms. The van der Waals surface area contributed by atoms with E-state index in [2.05, 4.69) is 43.4 Å². The van der Waals surface area contributed by atoms with E-state index in [1.807, 2.05) is 39.8 Å². The third-order valence-electron chi connectivity index (χ3n) is 5.98. The van der Waals surface area contributed by atoms with Gasteiger partial charge in [-0.3, -0.25) is 4.79 Å². The van der Waals surface area contributed by atoms with Gasteiger partial charge in [0.05, 0.1) is 5.41 Å². The van der Waals surface area contributed by atoms with Gasteiger partial charge in [0.2, 0.25) is 5.91 Å². The summed E-state index contributed by atoms with van der Waals surface area (Å²) in [4.78, 5) is 31.5. The van der Waals surface area contributed by atoms with Crippen molar-refractivity contribution in [1.82, 2.24) is 15.2 Å². The van der Waals surface area contributed by atoms with E-state index in [-0.39, 0.29) is 28.9 Å². The van der Waals surface area contributed by atoms with Crippen LogP contribution in [0.5, 0.6) is 0 Å². The van der Waals surface area contributed by atoms with Crippen molar-refractivity contribution in [3.8, 4) is 0 Å². The molecule has 2 N–H and O–H groups in total. The number of nitrogens with one attached hydrogen (secondary N) is 2. The number of amides is 2. The number of hydrogen-bond donors (Lipinski definition) is 2. The van der Waals surface area contributed by atoms with Gasteiger partial charge in [0.15, 0.2) is 0 Å². The molecule has 1 heterocycles. The molecular formula is C23H35BrN4O3. The van der Waals surface area contributed by atoms with Gasteiger partial charge in [-0.25, -0.2) is 9.78 Å². The van der Waals surface area contributed by atoms with E-state index in [1.165, 1.54) is 0 Å². The Morgan fingerprint density at radius 3 is 2.58 bits per heavy atom. The maximum Gasteiger partial charge on any atom is 0.407 e. The second kappa shape index (κ2) is 9.06. The predicted molar refractivity (Wildman–Crippen MR) is 125 cm³/mol. The van der Waals surface area contributed by atoms with Crippen LogP contribution in [0.2, 0.25) is 0 Å². The second-order valence-corrected chi connectivity index (χ2v) is 11.3. The molecule has 31 heavy (non-hydrogen) atoms. The number of anilines is 1. The average Bonchev–Trinajstić information content (AvgIpc) is 2.54. The Morgan fingerprint density at radius 2 is 2.00 bits per heavy atom. The SMILES string of the molecule is CCCN(C[C@H](C)NC(=O)OC(C)(C)C)CC12CC(C(=O)Nc3cc(Br)ccn3)(C1)C2. The number of ether oxygens (including phenoxy) is 1. The third-order valence-corrected chi connectivity index (χ3v) is 6.47. The summed E-state index contributed by atoms with van der Waals surface area (Å²) in [5, 5.41) is 5.92. The van der Waals surface area contributed by atoms with Crippen molar-refractivity contribution in [2.24, 2.45) is 10.8 Å². The topological polar surface area (TPSA) is 83.6 Å². The van der Waals surface area contributed by atoms with Gasteiger partial charge in [-0.15, -0.1) is 0 Å². The molecule has 1 atom stereocenters. The molecule has 4 rings (SSSR count). The molecule has 0 unspecified atom stereocenters. The normalized spacial score (nSPS) is 25.3. The summed E-state index contributed by atoms with van der Waals surface area (Å²) in [7, 11) is 0. The quantitative estimate of drug-likeness (QED) is 0.524. The molecule has 0 radical (unpaired) electrons. The number of aromatic nitrogens is 1. The molecule has 3 fully saturated rings. The van der Waals surface area contributed by atoms with Crippen LogP contribution in [0, 0.1) is 10.8 Å². The van der Waals surface area contributed by atoms with Crippen LogP contribution in [0.3, 0.4) is 0 Å². The minimum Gasteiger partial charge on any atom is -0.444 e. The zero-order valence-corrected chi connectivity index (χ0v) is 20.8. The largest absolute Gasteiger partial charge is 0.444 e. The van der Waals surface area contributed by atoms with E-state index in [0.717, 1.165) is 49.8 Å². The van der Waals surface area contributed by atoms with Gasteiger partial charge in [-0.05, 0) is 77.5 Å². The number of carbonyl (C=O) groups is 2. The molecule has 7 nitrogen and oxygen atoms in total. The van der Waals surface area contributed by atoms with Crippen LogP contribution < -0.4 is 10.6 Å². The highest BCUT2D eigenvalue weighted by Crippen LogP contribution is 2.73. The molecule has 172 valence electrons. The molecule has 3 aliphatic carbocycles. The Morgan fingerprint density at radius 1 is 1.32 bits per heavy atom. The lowest BCUT2D eigenvalue weighted by Gasteiger charge is -2.70. The van der Waals surface area contributed by atoms with Crippen LogP contribution in [0.4, 0.5) is 10.6 Å². The fourth-order valence-corrected chi connectivity index (χ4v) is 5.43. The van der Waals surface area contributed by atoms with Gasteiger partial charge in [-0.1, -0.05) is 22.9 Å².